The number of aliphatic hydroxyl groups is 1. The molecular weight excluding hydrogens is 250 g/mol. The van der Waals surface area contributed by atoms with Crippen molar-refractivity contribution in [2.75, 3.05) is 6.61 Å². The van der Waals surface area contributed by atoms with E-state index < -0.39 is 0 Å². The van der Waals surface area contributed by atoms with Crippen molar-refractivity contribution >= 4 is 10.8 Å². The number of phenols is 1. The molecule has 0 bridgehead atoms. The minimum absolute atomic E-state index is 0.0147. The molecule has 2 aromatic rings. The van der Waals surface area contributed by atoms with Crippen molar-refractivity contribution in [3.05, 3.63) is 42.0 Å². The lowest BCUT2D eigenvalue weighted by Crippen LogP contribution is -2.38. The maximum atomic E-state index is 10.4. The molecule has 0 heterocycles. The van der Waals surface area contributed by atoms with Gasteiger partial charge in [-0.15, -0.1) is 0 Å². The summed E-state index contributed by atoms with van der Waals surface area (Å²) < 4.78 is 0. The molecule has 0 fully saturated rings. The van der Waals surface area contributed by atoms with Gasteiger partial charge in [0.1, 0.15) is 5.75 Å². The molecule has 0 aliphatic heterocycles. The molecule has 3 N–H and O–H groups in total. The largest absolute Gasteiger partial charge is 0.507 e. The molecule has 3 heteroatoms. The Morgan fingerprint density at radius 3 is 2.40 bits per heavy atom. The van der Waals surface area contributed by atoms with Crippen molar-refractivity contribution in [2.45, 2.75) is 32.9 Å². The topological polar surface area (TPSA) is 52.5 Å². The second kappa shape index (κ2) is 6.25. The predicted molar refractivity (Wildman–Crippen MR) is 82.9 cm³/mol. The van der Waals surface area contributed by atoms with Gasteiger partial charge >= 0.3 is 0 Å². The van der Waals surface area contributed by atoms with Crippen LogP contribution in [0.25, 0.3) is 10.8 Å². The highest BCUT2D eigenvalue weighted by Gasteiger charge is 2.18. The van der Waals surface area contributed by atoms with Gasteiger partial charge in [0.05, 0.1) is 6.61 Å². The normalized spacial score (nSPS) is 14.7. The van der Waals surface area contributed by atoms with Gasteiger partial charge in [0.25, 0.3) is 0 Å². The fourth-order valence-corrected chi connectivity index (χ4v) is 2.49. The van der Waals surface area contributed by atoms with Crippen molar-refractivity contribution in [3.63, 3.8) is 0 Å². The molecular formula is C17H23NO2. The number of benzene rings is 2. The van der Waals surface area contributed by atoms with Crippen LogP contribution in [-0.2, 0) is 0 Å². The van der Waals surface area contributed by atoms with Gasteiger partial charge in [0.15, 0.2) is 0 Å². The zero-order valence-corrected chi connectivity index (χ0v) is 12.3. The lowest BCUT2D eigenvalue weighted by atomic mass is 9.98. The van der Waals surface area contributed by atoms with Gasteiger partial charge in [-0.25, -0.2) is 0 Å². The summed E-state index contributed by atoms with van der Waals surface area (Å²) in [5.41, 5.74) is 0.864. The van der Waals surface area contributed by atoms with Gasteiger partial charge in [-0.1, -0.05) is 50.2 Å². The molecule has 0 saturated heterocycles. The third kappa shape index (κ3) is 2.94. The first kappa shape index (κ1) is 14.8. The smallest absolute Gasteiger partial charge is 0.128 e. The quantitative estimate of drug-likeness (QED) is 0.784. The summed E-state index contributed by atoms with van der Waals surface area (Å²) in [6.45, 7) is 6.24. The average Bonchev–Trinajstić information content (AvgIpc) is 2.44. The Labute approximate surface area is 120 Å². The minimum Gasteiger partial charge on any atom is -0.507 e. The van der Waals surface area contributed by atoms with E-state index >= 15 is 0 Å². The summed E-state index contributed by atoms with van der Waals surface area (Å²) in [6.07, 6.45) is 0. The first-order valence-electron chi connectivity index (χ1n) is 7.12. The van der Waals surface area contributed by atoms with E-state index in [-0.39, 0.29) is 18.7 Å². The van der Waals surface area contributed by atoms with Crippen LogP contribution in [0.4, 0.5) is 0 Å². The average molecular weight is 273 g/mol. The second-order valence-electron chi connectivity index (χ2n) is 5.65. The molecule has 0 saturated carbocycles. The number of phenolic OH excluding ortho intramolecular Hbond substituents is 1. The fourth-order valence-electron chi connectivity index (χ4n) is 2.49. The zero-order chi connectivity index (χ0) is 14.7. The Morgan fingerprint density at radius 1 is 1.05 bits per heavy atom. The summed E-state index contributed by atoms with van der Waals surface area (Å²) in [4.78, 5) is 0. The first-order valence-corrected chi connectivity index (χ1v) is 7.12. The van der Waals surface area contributed by atoms with Crippen molar-refractivity contribution in [2.24, 2.45) is 5.92 Å². The summed E-state index contributed by atoms with van der Waals surface area (Å²) in [5.74, 6) is 0.661. The molecule has 3 nitrogen and oxygen atoms in total. The lowest BCUT2D eigenvalue weighted by Gasteiger charge is -2.25. The molecule has 0 amide bonds. The summed E-state index contributed by atoms with van der Waals surface area (Å²) >= 11 is 0. The zero-order valence-electron chi connectivity index (χ0n) is 12.3. The first-order chi connectivity index (χ1) is 9.54. The van der Waals surface area contributed by atoms with Crippen LogP contribution in [0.5, 0.6) is 5.75 Å². The molecule has 2 aromatic carbocycles. The monoisotopic (exact) mass is 273 g/mol. The Morgan fingerprint density at radius 2 is 1.75 bits per heavy atom. The SMILES string of the molecule is CC(N[C@H](CO)C(C)C)c1ccc2ccccc2c1O. The van der Waals surface area contributed by atoms with Crippen molar-refractivity contribution < 1.29 is 10.2 Å². The Balaban J connectivity index is 2.30. The highest BCUT2D eigenvalue weighted by Crippen LogP contribution is 2.32. The van der Waals surface area contributed by atoms with E-state index in [1.807, 2.05) is 43.3 Å². The van der Waals surface area contributed by atoms with Crippen LogP contribution in [0.15, 0.2) is 36.4 Å². The van der Waals surface area contributed by atoms with Crippen molar-refractivity contribution in [1.82, 2.24) is 5.32 Å². The summed E-state index contributed by atoms with van der Waals surface area (Å²) in [7, 11) is 0. The van der Waals surface area contributed by atoms with Gasteiger partial charge in [-0.3, -0.25) is 0 Å². The van der Waals surface area contributed by atoms with E-state index in [4.69, 9.17) is 0 Å². The predicted octanol–water partition coefficient (Wildman–Crippen LogP) is 3.21. The van der Waals surface area contributed by atoms with E-state index in [9.17, 15) is 10.2 Å². The summed E-state index contributed by atoms with van der Waals surface area (Å²) in [6, 6.07) is 11.8. The second-order valence-corrected chi connectivity index (χ2v) is 5.65. The molecule has 2 atom stereocenters. The maximum absolute atomic E-state index is 10.4. The Kier molecular flexibility index (Phi) is 4.63. The molecule has 108 valence electrons. The number of rotatable bonds is 5. The molecule has 0 aliphatic rings. The van der Waals surface area contributed by atoms with Crippen LogP contribution < -0.4 is 5.32 Å². The number of aliphatic hydroxyl groups excluding tert-OH is 1. The van der Waals surface area contributed by atoms with Crippen molar-refractivity contribution in [3.8, 4) is 5.75 Å². The molecule has 0 aromatic heterocycles. The van der Waals surface area contributed by atoms with Gasteiger partial charge in [0.2, 0.25) is 0 Å². The molecule has 0 radical (unpaired) electrons. The molecule has 1 unspecified atom stereocenters. The van der Waals surface area contributed by atoms with Gasteiger partial charge < -0.3 is 15.5 Å². The Bertz CT molecular complexity index is 580. The summed E-state index contributed by atoms with van der Waals surface area (Å²) in [5, 5.41) is 25.1. The van der Waals surface area contributed by atoms with E-state index in [0.717, 1.165) is 16.3 Å². The van der Waals surface area contributed by atoms with Crippen LogP contribution >= 0.6 is 0 Å². The van der Waals surface area contributed by atoms with Crippen molar-refractivity contribution in [1.29, 1.82) is 0 Å². The number of hydrogen-bond donors (Lipinski definition) is 3. The third-order valence-corrected chi connectivity index (χ3v) is 3.86. The fraction of sp³-hybridized carbons (Fsp3) is 0.412. The number of aromatic hydroxyl groups is 1. The van der Waals surface area contributed by atoms with Crippen LogP contribution in [0.1, 0.15) is 32.4 Å². The highest BCUT2D eigenvalue weighted by molar-refractivity contribution is 5.89. The van der Waals surface area contributed by atoms with Crippen LogP contribution in [0.3, 0.4) is 0 Å². The highest BCUT2D eigenvalue weighted by atomic mass is 16.3. The van der Waals surface area contributed by atoms with Crippen LogP contribution in [0, 0.1) is 5.92 Å². The third-order valence-electron chi connectivity index (χ3n) is 3.86. The van der Waals surface area contributed by atoms with Gasteiger partial charge in [-0.05, 0) is 18.2 Å². The van der Waals surface area contributed by atoms with Gasteiger partial charge in [-0.2, -0.15) is 0 Å². The number of hydrogen-bond acceptors (Lipinski definition) is 3. The number of fused-ring (bicyclic) bond motifs is 1. The van der Waals surface area contributed by atoms with Crippen LogP contribution in [-0.4, -0.2) is 22.9 Å². The van der Waals surface area contributed by atoms with Crippen LogP contribution in [0.2, 0.25) is 0 Å². The molecule has 20 heavy (non-hydrogen) atoms. The minimum atomic E-state index is -0.0147. The van der Waals surface area contributed by atoms with E-state index in [0.29, 0.717) is 11.7 Å². The van der Waals surface area contributed by atoms with E-state index in [2.05, 4.69) is 19.2 Å². The lowest BCUT2D eigenvalue weighted by molar-refractivity contribution is 0.201. The standard InChI is InChI=1S/C17H23NO2/c1-11(2)16(10-19)18-12(3)14-9-8-13-6-4-5-7-15(13)17(14)20/h4-9,11-12,16,18-20H,10H2,1-3H3/t12?,16-/m1/s1. The van der Waals surface area contributed by atoms with E-state index in [1.54, 1.807) is 0 Å². The molecule has 0 aliphatic carbocycles. The van der Waals surface area contributed by atoms with Gasteiger partial charge in [0, 0.05) is 23.0 Å². The maximum Gasteiger partial charge on any atom is 0.128 e. The van der Waals surface area contributed by atoms with E-state index in [1.165, 1.54) is 0 Å². The molecule has 0 spiro atoms. The molecule has 2 rings (SSSR count). The Hall–Kier alpha value is -1.58. The number of nitrogens with one attached hydrogen (secondary N) is 1.